The van der Waals surface area contributed by atoms with Crippen LogP contribution in [0.2, 0.25) is 0 Å². The topological polar surface area (TPSA) is 77.2 Å². The van der Waals surface area contributed by atoms with Crippen LogP contribution in [0.3, 0.4) is 0 Å². The van der Waals surface area contributed by atoms with Gasteiger partial charge in [0.2, 0.25) is 5.95 Å². The van der Waals surface area contributed by atoms with E-state index in [1.165, 1.54) is 0 Å². The van der Waals surface area contributed by atoms with Gasteiger partial charge < -0.3 is 10.1 Å². The number of hydrogen-bond donors (Lipinski definition) is 1. The van der Waals surface area contributed by atoms with Gasteiger partial charge in [0.05, 0.1) is 22.7 Å². The molecule has 1 aromatic carbocycles. The number of fused-ring (bicyclic) bond motifs is 2. The first-order valence-corrected chi connectivity index (χ1v) is 9.11. The Morgan fingerprint density at radius 1 is 1.11 bits per heavy atom. The Kier molecular flexibility index (Phi) is 3.94. The lowest BCUT2D eigenvalue weighted by molar-refractivity contribution is 0.104. The number of aromatic nitrogens is 5. The minimum absolute atomic E-state index is 0.427. The van der Waals surface area contributed by atoms with Gasteiger partial charge in [0.1, 0.15) is 0 Å². The molecule has 27 heavy (non-hydrogen) atoms. The summed E-state index contributed by atoms with van der Waals surface area (Å²) in [6.07, 6.45) is 9.46. The SMILES string of the molecule is COC[C@H]1C[C@H](Nc2ncc3c(-c4ccc5nccnc5c4)ccn3n2)C1. The van der Waals surface area contributed by atoms with Crippen LogP contribution in [-0.4, -0.2) is 44.3 Å². The van der Waals surface area contributed by atoms with E-state index in [0.29, 0.717) is 17.9 Å². The Morgan fingerprint density at radius 2 is 1.96 bits per heavy atom. The van der Waals surface area contributed by atoms with Crippen LogP contribution >= 0.6 is 0 Å². The summed E-state index contributed by atoms with van der Waals surface area (Å²) in [5.41, 5.74) is 4.90. The summed E-state index contributed by atoms with van der Waals surface area (Å²) in [7, 11) is 1.75. The quantitative estimate of drug-likeness (QED) is 0.589. The number of benzene rings is 1. The maximum atomic E-state index is 5.20. The predicted octanol–water partition coefficient (Wildman–Crippen LogP) is 3.18. The molecule has 5 rings (SSSR count). The summed E-state index contributed by atoms with van der Waals surface area (Å²) in [5.74, 6) is 1.31. The Bertz CT molecular complexity index is 1100. The van der Waals surface area contributed by atoms with Crippen molar-refractivity contribution in [1.82, 2.24) is 24.6 Å². The number of anilines is 1. The fourth-order valence-corrected chi connectivity index (χ4v) is 3.75. The van der Waals surface area contributed by atoms with Crippen LogP contribution in [0.5, 0.6) is 0 Å². The maximum absolute atomic E-state index is 5.20. The minimum Gasteiger partial charge on any atom is -0.384 e. The van der Waals surface area contributed by atoms with Crippen LogP contribution < -0.4 is 5.32 Å². The zero-order valence-corrected chi connectivity index (χ0v) is 15.0. The first-order chi connectivity index (χ1) is 13.3. The van der Waals surface area contributed by atoms with Gasteiger partial charge >= 0.3 is 0 Å². The monoisotopic (exact) mass is 360 g/mol. The summed E-state index contributed by atoms with van der Waals surface area (Å²) < 4.78 is 7.07. The average molecular weight is 360 g/mol. The van der Waals surface area contributed by atoms with Gasteiger partial charge in [-0.15, -0.1) is 5.10 Å². The van der Waals surface area contributed by atoms with Gasteiger partial charge in [-0.25, -0.2) is 9.50 Å². The van der Waals surface area contributed by atoms with Gasteiger partial charge in [0.25, 0.3) is 0 Å². The van der Waals surface area contributed by atoms with E-state index in [4.69, 9.17) is 4.74 Å². The van der Waals surface area contributed by atoms with Crippen molar-refractivity contribution in [2.45, 2.75) is 18.9 Å². The molecule has 7 nitrogen and oxygen atoms in total. The number of ether oxygens (including phenoxy) is 1. The highest BCUT2D eigenvalue weighted by Gasteiger charge is 2.29. The first kappa shape index (κ1) is 16.1. The summed E-state index contributed by atoms with van der Waals surface area (Å²) in [6, 6.07) is 8.59. The Balaban J connectivity index is 1.40. The molecule has 0 unspecified atom stereocenters. The molecule has 0 atom stereocenters. The van der Waals surface area contributed by atoms with Crippen molar-refractivity contribution in [3.63, 3.8) is 0 Å². The lowest BCUT2D eigenvalue weighted by Gasteiger charge is -2.35. The van der Waals surface area contributed by atoms with E-state index >= 15 is 0 Å². The van der Waals surface area contributed by atoms with E-state index in [2.05, 4.69) is 37.5 Å². The molecule has 0 saturated heterocycles. The maximum Gasteiger partial charge on any atom is 0.241 e. The second kappa shape index (κ2) is 6.59. The lowest BCUT2D eigenvalue weighted by atomic mass is 9.81. The smallest absolute Gasteiger partial charge is 0.241 e. The molecular formula is C20H20N6O. The molecular weight excluding hydrogens is 340 g/mol. The molecule has 0 amide bonds. The highest BCUT2D eigenvalue weighted by molar-refractivity contribution is 5.86. The number of hydrogen-bond acceptors (Lipinski definition) is 6. The zero-order chi connectivity index (χ0) is 18.2. The van der Waals surface area contributed by atoms with Gasteiger partial charge in [-0.3, -0.25) is 9.97 Å². The largest absolute Gasteiger partial charge is 0.384 e. The van der Waals surface area contributed by atoms with E-state index in [0.717, 1.165) is 47.1 Å². The molecule has 0 bridgehead atoms. The summed E-state index contributed by atoms with van der Waals surface area (Å²) in [5, 5.41) is 8.03. The number of rotatable bonds is 5. The van der Waals surface area contributed by atoms with E-state index in [1.54, 1.807) is 19.5 Å². The van der Waals surface area contributed by atoms with Gasteiger partial charge in [0.15, 0.2) is 0 Å². The van der Waals surface area contributed by atoms with Crippen molar-refractivity contribution < 1.29 is 4.74 Å². The molecule has 1 N–H and O–H groups in total. The van der Waals surface area contributed by atoms with Crippen LogP contribution in [0.4, 0.5) is 5.95 Å². The molecule has 3 aromatic heterocycles. The molecule has 0 spiro atoms. The fourth-order valence-electron chi connectivity index (χ4n) is 3.75. The number of nitrogens with zero attached hydrogens (tertiary/aromatic N) is 5. The van der Waals surface area contributed by atoms with Crippen molar-refractivity contribution in [3.8, 4) is 11.1 Å². The third-order valence-electron chi connectivity index (χ3n) is 5.17. The van der Waals surface area contributed by atoms with Crippen LogP contribution in [0.1, 0.15) is 12.8 Å². The molecule has 0 aliphatic heterocycles. The molecule has 4 aromatic rings. The molecule has 1 saturated carbocycles. The van der Waals surface area contributed by atoms with Crippen LogP contribution in [-0.2, 0) is 4.74 Å². The van der Waals surface area contributed by atoms with E-state index < -0.39 is 0 Å². The average Bonchev–Trinajstić information content (AvgIpc) is 3.09. The molecule has 1 aliphatic rings. The molecule has 7 heteroatoms. The van der Waals surface area contributed by atoms with Crippen molar-refractivity contribution in [2.75, 3.05) is 19.0 Å². The summed E-state index contributed by atoms with van der Waals surface area (Å²) >= 11 is 0. The molecule has 3 heterocycles. The van der Waals surface area contributed by atoms with Crippen molar-refractivity contribution in [2.24, 2.45) is 5.92 Å². The molecule has 1 fully saturated rings. The Morgan fingerprint density at radius 3 is 2.81 bits per heavy atom. The first-order valence-electron chi connectivity index (χ1n) is 9.11. The van der Waals surface area contributed by atoms with Crippen molar-refractivity contribution >= 4 is 22.5 Å². The highest BCUT2D eigenvalue weighted by Crippen LogP contribution is 2.30. The van der Waals surface area contributed by atoms with Gasteiger partial charge in [-0.1, -0.05) is 6.07 Å². The number of nitrogens with one attached hydrogen (secondary N) is 1. The highest BCUT2D eigenvalue weighted by atomic mass is 16.5. The van der Waals surface area contributed by atoms with Gasteiger partial charge in [-0.2, -0.15) is 0 Å². The normalized spacial score (nSPS) is 19.3. The van der Waals surface area contributed by atoms with Gasteiger partial charge in [0, 0.05) is 43.9 Å². The van der Waals surface area contributed by atoms with Crippen molar-refractivity contribution in [1.29, 1.82) is 0 Å². The zero-order valence-electron chi connectivity index (χ0n) is 15.0. The predicted molar refractivity (Wildman–Crippen MR) is 104 cm³/mol. The van der Waals surface area contributed by atoms with Crippen LogP contribution in [0, 0.1) is 5.92 Å². The fraction of sp³-hybridized carbons (Fsp3) is 0.300. The van der Waals surface area contributed by atoms with Gasteiger partial charge in [-0.05, 0) is 42.5 Å². The van der Waals surface area contributed by atoms with E-state index in [-0.39, 0.29) is 0 Å². The minimum atomic E-state index is 0.427. The lowest BCUT2D eigenvalue weighted by Crippen LogP contribution is -2.38. The third kappa shape index (κ3) is 3.00. The molecule has 0 radical (unpaired) electrons. The standard InChI is InChI=1S/C20H20N6O/c1-27-12-13-8-15(9-13)24-20-23-11-19-16(4-7-26(19)25-20)14-2-3-17-18(10-14)22-6-5-21-17/h2-7,10-11,13,15H,8-9,12H2,1H3,(H,24,25)/t13-,15-. The van der Waals surface area contributed by atoms with Crippen LogP contribution in [0.25, 0.3) is 27.7 Å². The van der Waals surface area contributed by atoms with Crippen molar-refractivity contribution in [3.05, 3.63) is 49.1 Å². The molecule has 1 aliphatic carbocycles. The second-order valence-electron chi connectivity index (χ2n) is 7.03. The third-order valence-corrected chi connectivity index (χ3v) is 5.17. The summed E-state index contributed by atoms with van der Waals surface area (Å²) in [6.45, 7) is 0.829. The van der Waals surface area contributed by atoms with E-state index in [1.807, 2.05) is 29.0 Å². The Hall–Kier alpha value is -3.06. The molecule has 136 valence electrons. The second-order valence-corrected chi connectivity index (χ2v) is 7.03. The summed E-state index contributed by atoms with van der Waals surface area (Å²) in [4.78, 5) is 13.2. The van der Waals surface area contributed by atoms with E-state index in [9.17, 15) is 0 Å². The Labute approximate surface area is 156 Å². The number of methoxy groups -OCH3 is 1. The van der Waals surface area contributed by atoms with Crippen LogP contribution in [0.15, 0.2) is 49.1 Å².